The summed E-state index contributed by atoms with van der Waals surface area (Å²) in [6.07, 6.45) is 4.47. The zero-order valence-electron chi connectivity index (χ0n) is 18.5. The van der Waals surface area contributed by atoms with Crippen molar-refractivity contribution in [3.63, 3.8) is 0 Å². The average Bonchev–Trinajstić information content (AvgIpc) is 3.07. The first-order valence-electron chi connectivity index (χ1n) is 11.8. The number of aliphatic hydroxyl groups is 1. The van der Waals surface area contributed by atoms with Gasteiger partial charge in [0.05, 0.1) is 38.8 Å². The first-order valence-corrected chi connectivity index (χ1v) is 11.8. The molecule has 31 heavy (non-hydrogen) atoms. The highest BCUT2D eigenvalue weighted by Crippen LogP contribution is 2.55. The molecule has 4 aliphatic rings. The van der Waals surface area contributed by atoms with E-state index in [4.69, 9.17) is 4.74 Å². The summed E-state index contributed by atoms with van der Waals surface area (Å²) in [7, 11) is 0. The molecule has 0 amide bonds. The van der Waals surface area contributed by atoms with E-state index in [0.717, 1.165) is 57.7 Å². The Balaban J connectivity index is 1.27. The number of quaternary nitrogens is 1. The van der Waals surface area contributed by atoms with Crippen LogP contribution < -0.4 is 9.80 Å². The van der Waals surface area contributed by atoms with Crippen molar-refractivity contribution in [2.75, 3.05) is 37.6 Å². The molecule has 2 aliphatic heterocycles. The number of hydrogen-bond acceptors (Lipinski definition) is 4. The number of rotatable bonds is 3. The molecule has 1 aromatic carbocycles. The largest absolute Gasteiger partial charge is 0.461 e. The molecule has 2 saturated heterocycles. The van der Waals surface area contributed by atoms with E-state index in [1.165, 1.54) is 22.6 Å². The SMILES string of the molecule is C[C@H]1CCC=C2C[C@H]3OC(=O)[C@@H](C[NH+]4CCN(c5ccc(F)cc5)CC4)[C@H]3[C@@H](O)[C@@]21C. The molecule has 2 heterocycles. The summed E-state index contributed by atoms with van der Waals surface area (Å²) in [4.78, 5) is 16.5. The van der Waals surface area contributed by atoms with Crippen molar-refractivity contribution in [3.8, 4) is 0 Å². The molecule has 2 aliphatic carbocycles. The average molecular weight is 430 g/mol. The molecule has 5 nitrogen and oxygen atoms in total. The topological polar surface area (TPSA) is 54.2 Å². The quantitative estimate of drug-likeness (QED) is 0.569. The third-order valence-electron chi connectivity index (χ3n) is 8.74. The molecule has 1 saturated carbocycles. The Morgan fingerprint density at radius 3 is 2.68 bits per heavy atom. The van der Waals surface area contributed by atoms with Crippen LogP contribution in [-0.2, 0) is 9.53 Å². The number of ether oxygens (including phenoxy) is 1. The molecule has 0 bridgehead atoms. The Labute approximate surface area is 183 Å². The van der Waals surface area contributed by atoms with Gasteiger partial charge in [0.15, 0.2) is 0 Å². The maximum absolute atomic E-state index is 13.2. The summed E-state index contributed by atoms with van der Waals surface area (Å²) in [5.74, 6) is -0.283. The van der Waals surface area contributed by atoms with Gasteiger partial charge in [0.2, 0.25) is 0 Å². The number of nitrogens with zero attached hydrogens (tertiary/aromatic N) is 1. The number of fused-ring (bicyclic) bond motifs is 2. The highest BCUT2D eigenvalue weighted by Gasteiger charge is 2.60. The van der Waals surface area contributed by atoms with E-state index in [-0.39, 0.29) is 35.1 Å². The maximum Gasteiger partial charge on any atom is 0.315 e. The Hall–Kier alpha value is -1.92. The molecular weight excluding hydrogens is 395 g/mol. The van der Waals surface area contributed by atoms with Crippen LogP contribution in [0.5, 0.6) is 0 Å². The molecule has 2 N–H and O–H groups in total. The zero-order chi connectivity index (χ0) is 21.8. The lowest BCUT2D eigenvalue weighted by molar-refractivity contribution is -0.903. The molecule has 1 aromatic rings. The van der Waals surface area contributed by atoms with E-state index < -0.39 is 6.10 Å². The third kappa shape index (κ3) is 3.48. The van der Waals surface area contributed by atoms with Crippen LogP contribution in [0.15, 0.2) is 35.9 Å². The van der Waals surface area contributed by atoms with E-state index in [1.807, 2.05) is 12.1 Å². The van der Waals surface area contributed by atoms with Gasteiger partial charge in [-0.3, -0.25) is 4.79 Å². The van der Waals surface area contributed by atoms with Crippen molar-refractivity contribution in [1.82, 2.24) is 0 Å². The van der Waals surface area contributed by atoms with Crippen molar-refractivity contribution in [2.24, 2.45) is 23.2 Å². The first-order chi connectivity index (χ1) is 14.9. The van der Waals surface area contributed by atoms with Crippen LogP contribution in [0.2, 0.25) is 0 Å². The molecule has 5 rings (SSSR count). The molecule has 0 radical (unpaired) electrons. The van der Waals surface area contributed by atoms with Gasteiger partial charge in [-0.1, -0.05) is 25.5 Å². The van der Waals surface area contributed by atoms with Crippen LogP contribution >= 0.6 is 0 Å². The number of nitrogens with one attached hydrogen (secondary N) is 1. The zero-order valence-corrected chi connectivity index (χ0v) is 18.5. The Kier molecular flexibility index (Phi) is 5.33. The summed E-state index contributed by atoms with van der Waals surface area (Å²) >= 11 is 0. The van der Waals surface area contributed by atoms with Crippen molar-refractivity contribution >= 4 is 11.7 Å². The van der Waals surface area contributed by atoms with Gasteiger partial charge in [-0.2, -0.15) is 0 Å². The summed E-state index contributed by atoms with van der Waals surface area (Å²) in [5.41, 5.74) is 2.08. The van der Waals surface area contributed by atoms with Gasteiger partial charge in [-0.05, 0) is 43.0 Å². The first kappa shape index (κ1) is 21.0. The normalized spacial score (nSPS) is 38.3. The standard InChI is InChI=1S/C25H33FN2O3/c1-16-4-3-5-17-14-21-22(23(29)25(16,17)2)20(24(30)31-21)15-27-10-12-28(13-11-27)19-8-6-18(26)7-9-19/h5-9,16,20-23,29H,3-4,10-15H2,1-2H3/p+1/t16-,20-,21+,22+,23+,25+/m0/s1. The molecule has 0 spiro atoms. The molecule has 6 heteroatoms. The number of piperazine rings is 1. The van der Waals surface area contributed by atoms with Crippen molar-refractivity contribution in [2.45, 2.75) is 45.3 Å². The fourth-order valence-corrected chi connectivity index (χ4v) is 6.55. The van der Waals surface area contributed by atoms with E-state index in [0.29, 0.717) is 5.92 Å². The summed E-state index contributed by atoms with van der Waals surface area (Å²) in [5, 5.41) is 11.5. The van der Waals surface area contributed by atoms with Gasteiger partial charge in [-0.15, -0.1) is 0 Å². The lowest BCUT2D eigenvalue weighted by atomic mass is 9.55. The van der Waals surface area contributed by atoms with Gasteiger partial charge in [0.25, 0.3) is 0 Å². The van der Waals surface area contributed by atoms with Crippen LogP contribution in [0, 0.1) is 29.0 Å². The van der Waals surface area contributed by atoms with Crippen LogP contribution in [-0.4, -0.2) is 56.0 Å². The molecule has 3 fully saturated rings. The number of halogens is 1. The Morgan fingerprint density at radius 2 is 1.97 bits per heavy atom. The maximum atomic E-state index is 13.2. The van der Waals surface area contributed by atoms with Crippen molar-refractivity contribution in [3.05, 3.63) is 41.7 Å². The monoisotopic (exact) mass is 429 g/mol. The van der Waals surface area contributed by atoms with E-state index in [9.17, 15) is 14.3 Å². The Morgan fingerprint density at radius 1 is 1.26 bits per heavy atom. The second-order valence-electron chi connectivity index (χ2n) is 10.2. The van der Waals surface area contributed by atoms with Gasteiger partial charge < -0.3 is 19.6 Å². The van der Waals surface area contributed by atoms with Gasteiger partial charge in [0, 0.05) is 23.4 Å². The molecule has 168 valence electrons. The lowest BCUT2D eigenvalue weighted by Gasteiger charge is -2.51. The summed E-state index contributed by atoms with van der Waals surface area (Å²) in [6, 6.07) is 6.66. The van der Waals surface area contributed by atoms with Gasteiger partial charge >= 0.3 is 5.97 Å². The minimum absolute atomic E-state index is 0.113. The predicted octanol–water partition coefficient (Wildman–Crippen LogP) is 1.82. The van der Waals surface area contributed by atoms with Crippen LogP contribution in [0.4, 0.5) is 10.1 Å². The van der Waals surface area contributed by atoms with Crippen molar-refractivity contribution < 1.29 is 23.9 Å². The van der Waals surface area contributed by atoms with E-state index in [1.54, 1.807) is 0 Å². The number of benzene rings is 1. The van der Waals surface area contributed by atoms with Crippen LogP contribution in [0.1, 0.15) is 33.1 Å². The number of carbonyl (C=O) groups excluding carboxylic acids is 1. The second-order valence-corrected chi connectivity index (χ2v) is 10.2. The van der Waals surface area contributed by atoms with Gasteiger partial charge in [0.1, 0.15) is 17.8 Å². The smallest absolute Gasteiger partial charge is 0.315 e. The molecule has 0 aromatic heterocycles. The molecule has 6 atom stereocenters. The number of esters is 1. The minimum atomic E-state index is -0.538. The number of hydrogen-bond donors (Lipinski definition) is 2. The van der Waals surface area contributed by atoms with E-state index in [2.05, 4.69) is 24.8 Å². The van der Waals surface area contributed by atoms with Crippen LogP contribution in [0.3, 0.4) is 0 Å². The number of allylic oxidation sites excluding steroid dienone is 1. The highest BCUT2D eigenvalue weighted by molar-refractivity contribution is 5.76. The van der Waals surface area contributed by atoms with Gasteiger partial charge in [-0.25, -0.2) is 4.39 Å². The minimum Gasteiger partial charge on any atom is -0.461 e. The molecular formula is C25H34FN2O3+. The van der Waals surface area contributed by atoms with Crippen molar-refractivity contribution in [1.29, 1.82) is 0 Å². The molecule has 0 unspecified atom stereocenters. The summed E-state index contributed by atoms with van der Waals surface area (Å²) < 4.78 is 19.0. The highest BCUT2D eigenvalue weighted by atomic mass is 19.1. The lowest BCUT2D eigenvalue weighted by Crippen LogP contribution is -3.15. The Bertz CT molecular complexity index is 864. The number of anilines is 1. The van der Waals surface area contributed by atoms with E-state index >= 15 is 0 Å². The fourth-order valence-electron chi connectivity index (χ4n) is 6.55. The van der Waals surface area contributed by atoms with Crippen LogP contribution in [0.25, 0.3) is 0 Å². The fraction of sp³-hybridized carbons (Fsp3) is 0.640. The number of aliphatic hydroxyl groups excluding tert-OH is 1. The predicted molar refractivity (Wildman–Crippen MR) is 116 cm³/mol. The second kappa shape index (κ2) is 7.89. The number of carbonyl (C=O) groups is 1. The third-order valence-corrected chi connectivity index (χ3v) is 8.74. The summed E-state index contributed by atoms with van der Waals surface area (Å²) in [6.45, 7) is 8.75.